The fourth-order valence-corrected chi connectivity index (χ4v) is 2.22. The SMILES string of the molecule is Clc1ccc(CNCC2CC2)c(Br)c1. The molecule has 1 N–H and O–H groups in total. The van der Waals surface area contributed by atoms with Crippen LogP contribution in [0.4, 0.5) is 0 Å². The summed E-state index contributed by atoms with van der Waals surface area (Å²) in [6.07, 6.45) is 2.80. The molecule has 76 valence electrons. The Balaban J connectivity index is 1.87. The van der Waals surface area contributed by atoms with Crippen LogP contribution in [-0.2, 0) is 6.54 Å². The Bertz CT molecular complexity index is 323. The number of benzene rings is 1. The Labute approximate surface area is 98.0 Å². The van der Waals surface area contributed by atoms with E-state index >= 15 is 0 Å². The van der Waals surface area contributed by atoms with Gasteiger partial charge in [-0.25, -0.2) is 0 Å². The van der Waals surface area contributed by atoms with Gasteiger partial charge in [-0.1, -0.05) is 33.6 Å². The minimum Gasteiger partial charge on any atom is -0.312 e. The predicted molar refractivity (Wildman–Crippen MR) is 63.6 cm³/mol. The van der Waals surface area contributed by atoms with Crippen LogP contribution in [-0.4, -0.2) is 6.54 Å². The van der Waals surface area contributed by atoms with Crippen molar-refractivity contribution in [2.75, 3.05) is 6.54 Å². The second kappa shape index (κ2) is 4.65. The molecule has 0 radical (unpaired) electrons. The molecule has 1 aromatic rings. The summed E-state index contributed by atoms with van der Waals surface area (Å²) in [5, 5.41) is 4.23. The van der Waals surface area contributed by atoms with E-state index < -0.39 is 0 Å². The van der Waals surface area contributed by atoms with Crippen LogP contribution in [0.15, 0.2) is 22.7 Å². The first-order valence-corrected chi connectivity index (χ1v) is 6.07. The summed E-state index contributed by atoms with van der Waals surface area (Å²) in [6, 6.07) is 5.93. The first-order valence-electron chi connectivity index (χ1n) is 4.90. The van der Waals surface area contributed by atoms with E-state index in [9.17, 15) is 0 Å². The van der Waals surface area contributed by atoms with Gasteiger partial charge in [-0.2, -0.15) is 0 Å². The van der Waals surface area contributed by atoms with Crippen molar-refractivity contribution in [2.24, 2.45) is 5.92 Å². The Hall–Kier alpha value is -0.0500. The molecule has 0 amide bonds. The summed E-state index contributed by atoms with van der Waals surface area (Å²) < 4.78 is 1.09. The standard InChI is InChI=1S/C11H13BrClN/c12-11-5-10(13)4-3-9(11)7-14-6-8-1-2-8/h3-5,8,14H,1-2,6-7H2. The first-order chi connectivity index (χ1) is 6.75. The van der Waals surface area contributed by atoms with E-state index in [1.54, 1.807) is 0 Å². The van der Waals surface area contributed by atoms with Crippen LogP contribution in [0.1, 0.15) is 18.4 Å². The van der Waals surface area contributed by atoms with Crippen molar-refractivity contribution in [1.29, 1.82) is 0 Å². The average Bonchev–Trinajstić information content (AvgIpc) is 2.92. The lowest BCUT2D eigenvalue weighted by Crippen LogP contribution is -2.16. The summed E-state index contributed by atoms with van der Waals surface area (Å²) in [7, 11) is 0. The quantitative estimate of drug-likeness (QED) is 0.884. The first kappa shape index (κ1) is 10.5. The summed E-state index contributed by atoms with van der Waals surface area (Å²) in [4.78, 5) is 0. The number of rotatable bonds is 4. The summed E-state index contributed by atoms with van der Waals surface area (Å²) in [6.45, 7) is 2.07. The summed E-state index contributed by atoms with van der Waals surface area (Å²) in [5.41, 5.74) is 1.27. The van der Waals surface area contributed by atoms with Gasteiger partial charge >= 0.3 is 0 Å². The molecule has 0 atom stereocenters. The van der Waals surface area contributed by atoms with E-state index in [0.29, 0.717) is 0 Å². The molecular formula is C11H13BrClN. The maximum atomic E-state index is 5.86. The molecule has 1 saturated carbocycles. The van der Waals surface area contributed by atoms with Crippen molar-refractivity contribution in [3.63, 3.8) is 0 Å². The van der Waals surface area contributed by atoms with Crippen molar-refractivity contribution < 1.29 is 0 Å². The van der Waals surface area contributed by atoms with Gasteiger partial charge in [0.2, 0.25) is 0 Å². The van der Waals surface area contributed by atoms with Gasteiger partial charge in [-0.3, -0.25) is 0 Å². The zero-order valence-electron chi connectivity index (χ0n) is 7.89. The van der Waals surface area contributed by atoms with Crippen LogP contribution >= 0.6 is 27.5 Å². The molecule has 2 rings (SSSR count). The monoisotopic (exact) mass is 273 g/mol. The third-order valence-electron chi connectivity index (χ3n) is 2.46. The molecule has 1 aromatic carbocycles. The Morgan fingerprint density at radius 3 is 2.86 bits per heavy atom. The molecule has 1 fully saturated rings. The lowest BCUT2D eigenvalue weighted by atomic mass is 10.2. The van der Waals surface area contributed by atoms with E-state index in [4.69, 9.17) is 11.6 Å². The number of hydrogen-bond acceptors (Lipinski definition) is 1. The minimum absolute atomic E-state index is 0.780. The third-order valence-corrected chi connectivity index (χ3v) is 3.43. The van der Waals surface area contributed by atoms with E-state index in [0.717, 1.165) is 28.5 Å². The molecule has 0 unspecified atom stereocenters. The van der Waals surface area contributed by atoms with Gasteiger partial charge in [0.1, 0.15) is 0 Å². The van der Waals surface area contributed by atoms with Crippen LogP contribution in [0.25, 0.3) is 0 Å². The van der Waals surface area contributed by atoms with Gasteiger partial charge in [0.25, 0.3) is 0 Å². The number of hydrogen-bond donors (Lipinski definition) is 1. The predicted octanol–water partition coefficient (Wildman–Crippen LogP) is 3.60. The Morgan fingerprint density at radius 1 is 1.43 bits per heavy atom. The summed E-state index contributed by atoms with van der Waals surface area (Å²) in [5.74, 6) is 0.932. The zero-order valence-corrected chi connectivity index (χ0v) is 10.2. The van der Waals surface area contributed by atoms with Crippen molar-refractivity contribution in [3.05, 3.63) is 33.3 Å². The van der Waals surface area contributed by atoms with Crippen molar-refractivity contribution in [3.8, 4) is 0 Å². The van der Waals surface area contributed by atoms with E-state index in [-0.39, 0.29) is 0 Å². The zero-order chi connectivity index (χ0) is 9.97. The van der Waals surface area contributed by atoms with Gasteiger partial charge in [-0.05, 0) is 43.0 Å². The number of nitrogens with one attached hydrogen (secondary N) is 1. The highest BCUT2D eigenvalue weighted by molar-refractivity contribution is 9.10. The van der Waals surface area contributed by atoms with Crippen LogP contribution < -0.4 is 5.32 Å². The lowest BCUT2D eigenvalue weighted by Gasteiger charge is -2.06. The van der Waals surface area contributed by atoms with E-state index in [1.807, 2.05) is 12.1 Å². The smallest absolute Gasteiger partial charge is 0.0417 e. The molecule has 1 nitrogen and oxygen atoms in total. The maximum absolute atomic E-state index is 5.86. The highest BCUT2D eigenvalue weighted by Gasteiger charge is 2.20. The van der Waals surface area contributed by atoms with Gasteiger partial charge in [0.15, 0.2) is 0 Å². The molecule has 0 saturated heterocycles. The topological polar surface area (TPSA) is 12.0 Å². The number of halogens is 2. The van der Waals surface area contributed by atoms with Gasteiger partial charge in [0.05, 0.1) is 0 Å². The van der Waals surface area contributed by atoms with Crippen LogP contribution in [0.3, 0.4) is 0 Å². The molecule has 3 heteroatoms. The Kier molecular flexibility index (Phi) is 3.47. The fraction of sp³-hybridized carbons (Fsp3) is 0.455. The molecule has 1 aliphatic rings. The summed E-state index contributed by atoms with van der Waals surface area (Å²) >= 11 is 9.37. The van der Waals surface area contributed by atoms with Gasteiger partial charge < -0.3 is 5.32 Å². The second-order valence-electron chi connectivity index (χ2n) is 3.81. The molecule has 0 aromatic heterocycles. The van der Waals surface area contributed by atoms with Gasteiger partial charge in [0, 0.05) is 16.0 Å². The Morgan fingerprint density at radius 2 is 2.21 bits per heavy atom. The average molecular weight is 275 g/mol. The maximum Gasteiger partial charge on any atom is 0.0417 e. The van der Waals surface area contributed by atoms with Gasteiger partial charge in [-0.15, -0.1) is 0 Å². The van der Waals surface area contributed by atoms with Crippen molar-refractivity contribution >= 4 is 27.5 Å². The second-order valence-corrected chi connectivity index (χ2v) is 5.10. The third kappa shape index (κ3) is 2.97. The minimum atomic E-state index is 0.780. The highest BCUT2D eigenvalue weighted by atomic mass is 79.9. The highest BCUT2D eigenvalue weighted by Crippen LogP contribution is 2.28. The van der Waals surface area contributed by atoms with E-state index in [1.165, 1.54) is 18.4 Å². The molecular weight excluding hydrogens is 261 g/mol. The largest absolute Gasteiger partial charge is 0.312 e. The molecule has 0 bridgehead atoms. The van der Waals surface area contributed by atoms with Crippen LogP contribution in [0.5, 0.6) is 0 Å². The lowest BCUT2D eigenvalue weighted by molar-refractivity contribution is 0.637. The normalized spacial score (nSPS) is 15.9. The van der Waals surface area contributed by atoms with Crippen LogP contribution in [0, 0.1) is 5.92 Å². The van der Waals surface area contributed by atoms with Crippen molar-refractivity contribution in [2.45, 2.75) is 19.4 Å². The van der Waals surface area contributed by atoms with E-state index in [2.05, 4.69) is 27.3 Å². The van der Waals surface area contributed by atoms with Crippen molar-refractivity contribution in [1.82, 2.24) is 5.32 Å². The molecule has 0 heterocycles. The molecule has 0 spiro atoms. The fourth-order valence-electron chi connectivity index (χ4n) is 1.40. The molecule has 1 aliphatic carbocycles. The van der Waals surface area contributed by atoms with Crippen LogP contribution in [0.2, 0.25) is 5.02 Å². The molecule has 0 aliphatic heterocycles. The molecule has 14 heavy (non-hydrogen) atoms.